The van der Waals surface area contributed by atoms with E-state index in [9.17, 15) is 0 Å². The molecule has 0 fully saturated rings. The average Bonchev–Trinajstić information content (AvgIpc) is 2.88. The Morgan fingerprint density at radius 3 is 2.58 bits per heavy atom. The lowest BCUT2D eigenvalue weighted by Gasteiger charge is -2.11. The molecule has 1 aromatic heterocycles. The predicted molar refractivity (Wildman–Crippen MR) is 79.5 cm³/mol. The van der Waals surface area contributed by atoms with Gasteiger partial charge in [-0.25, -0.2) is 4.98 Å². The van der Waals surface area contributed by atoms with E-state index in [1.165, 1.54) is 11.3 Å². The standard InChI is InChI=1S/C16H23N3/c1-3-5-16-18-10-11-19(16)15-8-6-13(7-9-15)12-14(17)4-2/h6-11,14H,3-5,12,17H2,1-2H3. The zero-order valence-corrected chi connectivity index (χ0v) is 11.8. The summed E-state index contributed by atoms with van der Waals surface area (Å²) >= 11 is 0. The third-order valence-electron chi connectivity index (χ3n) is 3.43. The van der Waals surface area contributed by atoms with Crippen LogP contribution in [0.1, 0.15) is 38.1 Å². The maximum atomic E-state index is 5.99. The topological polar surface area (TPSA) is 43.8 Å². The van der Waals surface area contributed by atoms with E-state index >= 15 is 0 Å². The van der Waals surface area contributed by atoms with Gasteiger partial charge >= 0.3 is 0 Å². The first-order chi connectivity index (χ1) is 9.24. The van der Waals surface area contributed by atoms with Crippen LogP contribution in [0.25, 0.3) is 5.69 Å². The smallest absolute Gasteiger partial charge is 0.113 e. The molecule has 3 heteroatoms. The number of hydrogen-bond acceptors (Lipinski definition) is 2. The highest BCUT2D eigenvalue weighted by Gasteiger charge is 2.05. The summed E-state index contributed by atoms with van der Waals surface area (Å²) in [5, 5.41) is 0. The molecule has 0 bridgehead atoms. The van der Waals surface area contributed by atoms with Gasteiger partial charge in [-0.15, -0.1) is 0 Å². The average molecular weight is 257 g/mol. The first kappa shape index (κ1) is 13.8. The maximum absolute atomic E-state index is 5.99. The zero-order chi connectivity index (χ0) is 13.7. The van der Waals surface area contributed by atoms with Gasteiger partial charge in [-0.3, -0.25) is 0 Å². The third-order valence-corrected chi connectivity index (χ3v) is 3.43. The molecule has 0 aliphatic heterocycles. The minimum atomic E-state index is 0.259. The summed E-state index contributed by atoms with van der Waals surface area (Å²) in [4.78, 5) is 4.41. The minimum Gasteiger partial charge on any atom is -0.327 e. The van der Waals surface area contributed by atoms with Gasteiger partial charge in [-0.05, 0) is 37.0 Å². The van der Waals surface area contributed by atoms with Crippen LogP contribution in [-0.4, -0.2) is 15.6 Å². The predicted octanol–water partition coefficient (Wildman–Crippen LogP) is 3.10. The van der Waals surface area contributed by atoms with Gasteiger partial charge in [0.1, 0.15) is 5.82 Å². The number of aromatic nitrogens is 2. The molecule has 0 saturated heterocycles. The molecule has 0 spiro atoms. The SMILES string of the molecule is CCCc1nccn1-c1ccc(CC(N)CC)cc1. The molecule has 0 radical (unpaired) electrons. The Labute approximate surface area is 115 Å². The molecule has 19 heavy (non-hydrogen) atoms. The van der Waals surface area contributed by atoms with Crippen LogP contribution in [-0.2, 0) is 12.8 Å². The summed E-state index contributed by atoms with van der Waals surface area (Å²) in [5.74, 6) is 1.13. The third kappa shape index (κ3) is 3.44. The van der Waals surface area contributed by atoms with Crippen molar-refractivity contribution < 1.29 is 0 Å². The summed E-state index contributed by atoms with van der Waals surface area (Å²) in [7, 11) is 0. The summed E-state index contributed by atoms with van der Waals surface area (Å²) in [6.45, 7) is 4.30. The Hall–Kier alpha value is -1.61. The molecule has 102 valence electrons. The zero-order valence-electron chi connectivity index (χ0n) is 11.8. The van der Waals surface area contributed by atoms with E-state index in [0.29, 0.717) is 0 Å². The molecule has 3 nitrogen and oxygen atoms in total. The fourth-order valence-electron chi connectivity index (χ4n) is 2.22. The molecular formula is C16H23N3. The molecule has 0 amide bonds. The number of nitrogens with two attached hydrogens (primary N) is 1. The number of hydrogen-bond donors (Lipinski definition) is 1. The van der Waals surface area contributed by atoms with Gasteiger partial charge in [0, 0.05) is 30.5 Å². The summed E-state index contributed by atoms with van der Waals surface area (Å²) in [6, 6.07) is 8.90. The Morgan fingerprint density at radius 1 is 1.21 bits per heavy atom. The molecule has 1 heterocycles. The molecular weight excluding hydrogens is 234 g/mol. The van der Waals surface area contributed by atoms with Crippen molar-refractivity contribution in [3.8, 4) is 5.69 Å². The van der Waals surface area contributed by atoms with Crippen molar-refractivity contribution in [1.82, 2.24) is 9.55 Å². The van der Waals surface area contributed by atoms with Crippen LogP contribution in [0.15, 0.2) is 36.7 Å². The monoisotopic (exact) mass is 257 g/mol. The van der Waals surface area contributed by atoms with E-state index in [1.54, 1.807) is 0 Å². The van der Waals surface area contributed by atoms with Crippen LogP contribution in [0.4, 0.5) is 0 Å². The first-order valence-electron chi connectivity index (χ1n) is 7.11. The summed E-state index contributed by atoms with van der Waals surface area (Å²) < 4.78 is 2.16. The second kappa shape index (κ2) is 6.53. The van der Waals surface area contributed by atoms with Gasteiger partial charge in [-0.2, -0.15) is 0 Å². The fourth-order valence-corrected chi connectivity index (χ4v) is 2.22. The van der Waals surface area contributed by atoms with Crippen molar-refractivity contribution in [3.63, 3.8) is 0 Å². The van der Waals surface area contributed by atoms with Gasteiger partial charge < -0.3 is 10.3 Å². The second-order valence-electron chi connectivity index (χ2n) is 5.00. The Balaban J connectivity index is 2.15. The largest absolute Gasteiger partial charge is 0.327 e. The normalized spacial score (nSPS) is 12.6. The van der Waals surface area contributed by atoms with Gasteiger partial charge in [0.15, 0.2) is 0 Å². The molecule has 2 aromatic rings. The lowest BCUT2D eigenvalue weighted by molar-refractivity contribution is 0.646. The van der Waals surface area contributed by atoms with Crippen LogP contribution in [0.5, 0.6) is 0 Å². The molecule has 0 saturated carbocycles. The molecule has 0 aliphatic rings. The van der Waals surface area contributed by atoms with E-state index in [1.807, 2.05) is 12.4 Å². The van der Waals surface area contributed by atoms with Crippen molar-refractivity contribution in [2.24, 2.45) is 5.73 Å². The van der Waals surface area contributed by atoms with E-state index in [2.05, 4.69) is 47.7 Å². The highest BCUT2D eigenvalue weighted by molar-refractivity contribution is 5.36. The number of rotatable bonds is 6. The van der Waals surface area contributed by atoms with Gasteiger partial charge in [0.05, 0.1) is 0 Å². The number of imidazole rings is 1. The molecule has 1 atom stereocenters. The van der Waals surface area contributed by atoms with Gasteiger partial charge in [0.2, 0.25) is 0 Å². The van der Waals surface area contributed by atoms with E-state index < -0.39 is 0 Å². The van der Waals surface area contributed by atoms with Gasteiger partial charge in [0.25, 0.3) is 0 Å². The molecule has 0 aliphatic carbocycles. The Kier molecular flexibility index (Phi) is 4.74. The van der Waals surface area contributed by atoms with Crippen molar-refractivity contribution in [2.45, 2.75) is 45.6 Å². The van der Waals surface area contributed by atoms with Crippen molar-refractivity contribution in [3.05, 3.63) is 48.0 Å². The Bertz CT molecular complexity index is 499. The van der Waals surface area contributed by atoms with E-state index in [0.717, 1.165) is 31.5 Å². The van der Waals surface area contributed by atoms with E-state index in [4.69, 9.17) is 5.73 Å². The molecule has 2 rings (SSSR count). The van der Waals surface area contributed by atoms with Crippen molar-refractivity contribution >= 4 is 0 Å². The summed E-state index contributed by atoms with van der Waals surface area (Å²) in [6.07, 6.45) is 7.98. The van der Waals surface area contributed by atoms with E-state index in [-0.39, 0.29) is 6.04 Å². The first-order valence-corrected chi connectivity index (χ1v) is 7.11. The van der Waals surface area contributed by atoms with Crippen LogP contribution < -0.4 is 5.73 Å². The fraction of sp³-hybridized carbons (Fsp3) is 0.438. The molecule has 1 unspecified atom stereocenters. The lowest BCUT2D eigenvalue weighted by Crippen LogP contribution is -2.21. The van der Waals surface area contributed by atoms with Crippen LogP contribution in [0.3, 0.4) is 0 Å². The van der Waals surface area contributed by atoms with Crippen molar-refractivity contribution in [1.29, 1.82) is 0 Å². The van der Waals surface area contributed by atoms with Crippen LogP contribution in [0.2, 0.25) is 0 Å². The van der Waals surface area contributed by atoms with Gasteiger partial charge in [-0.1, -0.05) is 26.0 Å². The number of benzene rings is 1. The second-order valence-corrected chi connectivity index (χ2v) is 5.00. The lowest BCUT2D eigenvalue weighted by atomic mass is 10.0. The van der Waals surface area contributed by atoms with Crippen molar-refractivity contribution in [2.75, 3.05) is 0 Å². The summed E-state index contributed by atoms with van der Waals surface area (Å²) in [5.41, 5.74) is 8.46. The number of nitrogens with zero attached hydrogens (tertiary/aromatic N) is 2. The number of aryl methyl sites for hydroxylation is 1. The highest BCUT2D eigenvalue weighted by atomic mass is 15.1. The highest BCUT2D eigenvalue weighted by Crippen LogP contribution is 2.14. The van der Waals surface area contributed by atoms with Crippen LogP contribution in [0, 0.1) is 0 Å². The minimum absolute atomic E-state index is 0.259. The van der Waals surface area contributed by atoms with Crippen LogP contribution >= 0.6 is 0 Å². The quantitative estimate of drug-likeness (QED) is 0.864. The molecule has 2 N–H and O–H groups in total. The maximum Gasteiger partial charge on any atom is 0.113 e. The molecule has 1 aromatic carbocycles. The Morgan fingerprint density at radius 2 is 1.95 bits per heavy atom.